The molecule has 1 atom stereocenters. The Morgan fingerprint density at radius 1 is 0.872 bits per heavy atom. The molecule has 0 saturated carbocycles. The van der Waals surface area contributed by atoms with Gasteiger partial charge in [-0.2, -0.15) is 0 Å². The molecule has 0 heterocycles. The van der Waals surface area contributed by atoms with Crippen molar-refractivity contribution in [2.45, 2.75) is 64.1 Å². The fourth-order valence-corrected chi connectivity index (χ4v) is 5.79. The number of benzene rings is 3. The van der Waals surface area contributed by atoms with Crippen LogP contribution in [0.5, 0.6) is 0 Å². The van der Waals surface area contributed by atoms with Gasteiger partial charge in [0.2, 0.25) is 11.8 Å². The Morgan fingerprint density at radius 2 is 1.46 bits per heavy atom. The van der Waals surface area contributed by atoms with Gasteiger partial charge in [0, 0.05) is 17.6 Å². The fourth-order valence-electron chi connectivity index (χ4n) is 4.23. The Hall–Kier alpha value is -3.36. The third kappa shape index (κ3) is 7.83. The molecule has 7 nitrogen and oxygen atoms in total. The van der Waals surface area contributed by atoms with Gasteiger partial charge in [-0.15, -0.1) is 0 Å². The van der Waals surface area contributed by atoms with Gasteiger partial charge in [-0.05, 0) is 74.2 Å². The highest BCUT2D eigenvalue weighted by Crippen LogP contribution is 2.25. The van der Waals surface area contributed by atoms with Crippen molar-refractivity contribution >= 4 is 39.1 Å². The minimum absolute atomic E-state index is 0.0752. The third-order valence-corrected chi connectivity index (χ3v) is 8.37. The summed E-state index contributed by atoms with van der Waals surface area (Å²) < 4.78 is 28.8. The summed E-state index contributed by atoms with van der Waals surface area (Å²) >= 11 is 6.06. The van der Waals surface area contributed by atoms with Crippen LogP contribution in [-0.2, 0) is 32.6 Å². The van der Waals surface area contributed by atoms with E-state index >= 15 is 0 Å². The second kappa shape index (κ2) is 13.6. The van der Waals surface area contributed by atoms with E-state index in [2.05, 4.69) is 5.32 Å². The van der Waals surface area contributed by atoms with Gasteiger partial charge in [0.05, 0.1) is 10.6 Å². The van der Waals surface area contributed by atoms with Gasteiger partial charge in [-0.1, -0.05) is 67.9 Å². The SMILES string of the molecule is CCc1ccc(N(CC(=O)N(Cc2ccc(Cl)cc2)[C@@H](CC)C(=O)NC(C)C)S(=O)(=O)c2ccccc2)cc1. The Morgan fingerprint density at radius 3 is 2.00 bits per heavy atom. The maximum Gasteiger partial charge on any atom is 0.264 e. The van der Waals surface area contributed by atoms with Gasteiger partial charge in [0.1, 0.15) is 12.6 Å². The molecule has 39 heavy (non-hydrogen) atoms. The average molecular weight is 570 g/mol. The van der Waals surface area contributed by atoms with Crippen molar-refractivity contribution in [1.29, 1.82) is 0 Å². The first-order chi connectivity index (χ1) is 18.6. The average Bonchev–Trinajstić information content (AvgIpc) is 2.92. The van der Waals surface area contributed by atoms with E-state index in [1.807, 2.05) is 39.8 Å². The molecule has 0 radical (unpaired) electrons. The number of anilines is 1. The van der Waals surface area contributed by atoms with Crippen LogP contribution in [0.15, 0.2) is 83.8 Å². The predicted octanol–water partition coefficient (Wildman–Crippen LogP) is 5.43. The number of nitrogens with one attached hydrogen (secondary N) is 1. The molecular weight excluding hydrogens is 534 g/mol. The van der Waals surface area contributed by atoms with Gasteiger partial charge in [0.25, 0.3) is 10.0 Å². The summed E-state index contributed by atoms with van der Waals surface area (Å²) in [7, 11) is -4.08. The lowest BCUT2D eigenvalue weighted by atomic mass is 10.1. The van der Waals surface area contributed by atoms with E-state index in [0.29, 0.717) is 17.1 Å². The highest BCUT2D eigenvalue weighted by Gasteiger charge is 2.33. The number of carbonyl (C=O) groups is 2. The number of hydrogen-bond acceptors (Lipinski definition) is 4. The summed E-state index contributed by atoms with van der Waals surface area (Å²) in [6, 6.07) is 21.2. The largest absolute Gasteiger partial charge is 0.352 e. The summed E-state index contributed by atoms with van der Waals surface area (Å²) in [4.78, 5) is 28.7. The molecule has 0 spiro atoms. The number of halogens is 1. The number of carbonyl (C=O) groups excluding carboxylic acids is 2. The van der Waals surface area contributed by atoms with Gasteiger partial charge < -0.3 is 10.2 Å². The van der Waals surface area contributed by atoms with Crippen LogP contribution in [0.1, 0.15) is 45.2 Å². The molecule has 0 aromatic heterocycles. The van der Waals surface area contributed by atoms with E-state index in [9.17, 15) is 18.0 Å². The number of amides is 2. The predicted molar refractivity (Wildman–Crippen MR) is 156 cm³/mol. The Balaban J connectivity index is 2.05. The smallest absolute Gasteiger partial charge is 0.264 e. The molecular formula is C30H36ClN3O4S. The van der Waals surface area contributed by atoms with E-state index in [-0.39, 0.29) is 23.4 Å². The van der Waals surface area contributed by atoms with Gasteiger partial charge in [-0.25, -0.2) is 8.42 Å². The van der Waals surface area contributed by atoms with Crippen LogP contribution in [-0.4, -0.2) is 43.8 Å². The van der Waals surface area contributed by atoms with E-state index < -0.39 is 28.5 Å². The van der Waals surface area contributed by atoms with Gasteiger partial charge in [-0.3, -0.25) is 13.9 Å². The Bertz CT molecular complexity index is 1350. The van der Waals surface area contributed by atoms with E-state index in [0.717, 1.165) is 21.9 Å². The zero-order chi connectivity index (χ0) is 28.6. The minimum atomic E-state index is -4.08. The molecule has 0 aliphatic rings. The van der Waals surface area contributed by atoms with E-state index in [1.165, 1.54) is 17.0 Å². The van der Waals surface area contributed by atoms with Crippen LogP contribution < -0.4 is 9.62 Å². The first-order valence-corrected chi connectivity index (χ1v) is 14.9. The third-order valence-electron chi connectivity index (χ3n) is 6.33. The Kier molecular flexibility index (Phi) is 10.5. The van der Waals surface area contributed by atoms with Crippen LogP contribution in [0.2, 0.25) is 5.02 Å². The number of aryl methyl sites for hydroxylation is 1. The van der Waals surface area contributed by atoms with Gasteiger partial charge >= 0.3 is 0 Å². The Labute approximate surface area is 236 Å². The number of hydrogen-bond donors (Lipinski definition) is 1. The molecule has 0 aliphatic heterocycles. The second-order valence-corrected chi connectivity index (χ2v) is 11.9. The number of sulfonamides is 1. The van der Waals surface area contributed by atoms with Crippen molar-refractivity contribution in [3.05, 3.63) is 95.0 Å². The molecule has 2 amide bonds. The molecule has 208 valence electrons. The molecule has 3 aromatic rings. The van der Waals surface area contributed by atoms with Crippen LogP contribution in [0, 0.1) is 0 Å². The highest BCUT2D eigenvalue weighted by molar-refractivity contribution is 7.92. The standard InChI is InChI=1S/C30H36ClN3O4S/c1-5-23-14-18-26(19-15-23)34(39(37,38)27-10-8-7-9-11-27)21-29(35)33(20-24-12-16-25(31)17-13-24)28(6-2)30(36)32-22(3)4/h7-19,22,28H,5-6,20-21H2,1-4H3,(H,32,36)/t28-/m0/s1. The van der Waals surface area contributed by atoms with Crippen LogP contribution in [0.4, 0.5) is 5.69 Å². The molecule has 0 saturated heterocycles. The van der Waals surface area contributed by atoms with Crippen molar-refractivity contribution in [3.8, 4) is 0 Å². The lowest BCUT2D eigenvalue weighted by Crippen LogP contribution is -2.53. The molecule has 0 bridgehead atoms. The summed E-state index contributed by atoms with van der Waals surface area (Å²) in [6.07, 6.45) is 1.15. The number of rotatable bonds is 12. The van der Waals surface area contributed by atoms with E-state index in [1.54, 1.807) is 54.6 Å². The van der Waals surface area contributed by atoms with Crippen LogP contribution in [0.25, 0.3) is 0 Å². The summed E-state index contributed by atoms with van der Waals surface area (Å²) in [5.41, 5.74) is 2.19. The van der Waals surface area contributed by atoms with Crippen molar-refractivity contribution in [3.63, 3.8) is 0 Å². The summed E-state index contributed by atoms with van der Waals surface area (Å²) in [6.45, 7) is 7.19. The van der Waals surface area contributed by atoms with Crippen molar-refractivity contribution in [1.82, 2.24) is 10.2 Å². The topological polar surface area (TPSA) is 86.8 Å². The molecule has 3 rings (SSSR count). The minimum Gasteiger partial charge on any atom is -0.352 e. The molecule has 9 heteroatoms. The molecule has 0 unspecified atom stereocenters. The molecule has 0 aliphatic carbocycles. The molecule has 3 aromatic carbocycles. The zero-order valence-electron chi connectivity index (χ0n) is 22.8. The van der Waals surface area contributed by atoms with Crippen molar-refractivity contribution < 1.29 is 18.0 Å². The van der Waals surface area contributed by atoms with E-state index in [4.69, 9.17) is 11.6 Å². The fraction of sp³-hybridized carbons (Fsp3) is 0.333. The van der Waals surface area contributed by atoms with Crippen LogP contribution >= 0.6 is 11.6 Å². The van der Waals surface area contributed by atoms with Crippen molar-refractivity contribution in [2.75, 3.05) is 10.8 Å². The van der Waals surface area contributed by atoms with Gasteiger partial charge in [0.15, 0.2) is 0 Å². The zero-order valence-corrected chi connectivity index (χ0v) is 24.4. The molecule has 0 fully saturated rings. The monoisotopic (exact) mass is 569 g/mol. The normalized spacial score (nSPS) is 12.2. The molecule has 1 N–H and O–H groups in total. The quantitative estimate of drug-likeness (QED) is 0.315. The first-order valence-electron chi connectivity index (χ1n) is 13.1. The lowest BCUT2D eigenvalue weighted by Gasteiger charge is -2.33. The van der Waals surface area contributed by atoms with Crippen LogP contribution in [0.3, 0.4) is 0 Å². The summed E-state index contributed by atoms with van der Waals surface area (Å²) in [5, 5.41) is 3.44. The maximum atomic E-state index is 14.0. The van der Waals surface area contributed by atoms with Crippen molar-refractivity contribution in [2.24, 2.45) is 0 Å². The summed E-state index contributed by atoms with van der Waals surface area (Å²) in [5.74, 6) is -0.783. The first kappa shape index (κ1) is 30.2. The second-order valence-electron chi connectivity index (χ2n) is 9.58. The number of nitrogens with zero attached hydrogens (tertiary/aromatic N) is 2. The lowest BCUT2D eigenvalue weighted by molar-refractivity contribution is -0.140. The highest BCUT2D eigenvalue weighted by atomic mass is 35.5. The maximum absolute atomic E-state index is 14.0.